The third kappa shape index (κ3) is 3.05. The van der Waals surface area contributed by atoms with Gasteiger partial charge < -0.3 is 0 Å². The summed E-state index contributed by atoms with van der Waals surface area (Å²) in [6.45, 7) is 8.27. The summed E-state index contributed by atoms with van der Waals surface area (Å²) >= 11 is 0. The largest absolute Gasteiger partial charge is 0.101 e. The van der Waals surface area contributed by atoms with E-state index >= 15 is 0 Å². The second-order valence-electron chi connectivity index (χ2n) is 7.20. The molecule has 4 aromatic rings. The van der Waals surface area contributed by atoms with Gasteiger partial charge in [0, 0.05) is 16.7 Å². The monoisotopic (exact) mass is 358 g/mol. The predicted molar refractivity (Wildman–Crippen MR) is 121 cm³/mol. The summed E-state index contributed by atoms with van der Waals surface area (Å²) in [5, 5.41) is 4.97. The lowest BCUT2D eigenvalue weighted by Gasteiger charge is -2.11. The van der Waals surface area contributed by atoms with Gasteiger partial charge in [0.2, 0.25) is 0 Å². The number of fused-ring (bicyclic) bond motifs is 2. The zero-order chi connectivity index (χ0) is 19.7. The van der Waals surface area contributed by atoms with Crippen molar-refractivity contribution in [3.05, 3.63) is 94.0 Å². The second kappa shape index (κ2) is 7.26. The van der Waals surface area contributed by atoms with Gasteiger partial charge in [-0.05, 0) is 78.1 Å². The first-order valence-corrected chi connectivity index (χ1v) is 9.56. The summed E-state index contributed by atoms with van der Waals surface area (Å²) in [5.41, 5.74) is 6.89. The minimum atomic E-state index is 1.06. The summed E-state index contributed by atoms with van der Waals surface area (Å²) in [4.78, 5) is 0. The molecule has 0 N–H and O–H groups in total. The third-order valence-electron chi connectivity index (χ3n) is 5.35. The summed E-state index contributed by atoms with van der Waals surface area (Å²) in [6, 6.07) is 21.4. The Balaban J connectivity index is 1.98. The van der Waals surface area contributed by atoms with Crippen LogP contribution in [0.2, 0.25) is 0 Å². The zero-order valence-electron chi connectivity index (χ0n) is 16.8. The Morgan fingerprint density at radius 2 is 1.04 bits per heavy atom. The first-order chi connectivity index (χ1) is 13.6. The molecule has 0 saturated carbocycles. The lowest BCUT2D eigenvalue weighted by atomic mass is 9.92. The summed E-state index contributed by atoms with van der Waals surface area (Å²) in [7, 11) is 0. The van der Waals surface area contributed by atoms with Gasteiger partial charge >= 0.3 is 0 Å². The predicted octanol–water partition coefficient (Wildman–Crippen LogP) is 6.69. The van der Waals surface area contributed by atoms with E-state index in [0.29, 0.717) is 0 Å². The number of aryl methyl sites for hydroxylation is 3. The molecule has 0 bridgehead atoms. The minimum absolute atomic E-state index is 1.06. The number of hydrogen-bond acceptors (Lipinski definition) is 0. The Morgan fingerprint density at radius 1 is 0.571 bits per heavy atom. The Labute approximate surface area is 167 Å². The quantitative estimate of drug-likeness (QED) is 0.243. The van der Waals surface area contributed by atoms with Gasteiger partial charge in [0.25, 0.3) is 0 Å². The van der Waals surface area contributed by atoms with Crippen LogP contribution in [0.25, 0.3) is 21.5 Å². The van der Waals surface area contributed by atoms with Gasteiger partial charge in [0.05, 0.1) is 0 Å². The molecule has 0 atom stereocenters. The van der Waals surface area contributed by atoms with E-state index in [0.717, 1.165) is 22.3 Å². The molecule has 0 spiro atoms. The molecule has 0 aliphatic carbocycles. The van der Waals surface area contributed by atoms with E-state index in [1.807, 2.05) is 6.92 Å². The number of hydrogen-bond donors (Lipinski definition) is 0. The van der Waals surface area contributed by atoms with E-state index in [-0.39, 0.29) is 0 Å². The molecular weight excluding hydrogens is 336 g/mol. The van der Waals surface area contributed by atoms with E-state index in [9.17, 15) is 0 Å². The Hall–Kier alpha value is -3.48. The average Bonchev–Trinajstić information content (AvgIpc) is 2.71. The van der Waals surface area contributed by atoms with Crippen LogP contribution < -0.4 is 0 Å². The lowest BCUT2D eigenvalue weighted by molar-refractivity contribution is 1.35. The summed E-state index contributed by atoms with van der Waals surface area (Å²) in [6.07, 6.45) is 0. The normalized spacial score (nSPS) is 10.3. The third-order valence-corrected chi connectivity index (χ3v) is 5.35. The highest BCUT2D eigenvalue weighted by molar-refractivity contribution is 6.07. The van der Waals surface area contributed by atoms with E-state index in [4.69, 9.17) is 0 Å². The molecule has 0 aromatic heterocycles. The van der Waals surface area contributed by atoms with Crippen LogP contribution in [0.5, 0.6) is 0 Å². The van der Waals surface area contributed by atoms with Crippen LogP contribution in [0.1, 0.15) is 40.3 Å². The highest BCUT2D eigenvalue weighted by Gasteiger charge is 2.09. The van der Waals surface area contributed by atoms with Crippen molar-refractivity contribution < 1.29 is 0 Å². The molecule has 0 amide bonds. The maximum absolute atomic E-state index is 3.51. The van der Waals surface area contributed by atoms with Crippen LogP contribution in [-0.4, -0.2) is 0 Å². The Kier molecular flexibility index (Phi) is 4.65. The molecule has 134 valence electrons. The van der Waals surface area contributed by atoms with Crippen LogP contribution in [0, 0.1) is 44.5 Å². The maximum atomic E-state index is 3.51. The van der Waals surface area contributed by atoms with Crippen molar-refractivity contribution >= 4 is 21.5 Å². The minimum Gasteiger partial charge on any atom is -0.101 e. The van der Waals surface area contributed by atoms with Gasteiger partial charge in [-0.3, -0.25) is 0 Å². The highest BCUT2D eigenvalue weighted by Crippen LogP contribution is 2.32. The molecule has 4 rings (SSSR count). The second-order valence-corrected chi connectivity index (χ2v) is 7.20. The van der Waals surface area contributed by atoms with Crippen molar-refractivity contribution in [3.63, 3.8) is 0 Å². The molecule has 28 heavy (non-hydrogen) atoms. The van der Waals surface area contributed by atoms with Crippen LogP contribution in [0.4, 0.5) is 0 Å². The van der Waals surface area contributed by atoms with Crippen LogP contribution in [0.3, 0.4) is 0 Å². The van der Waals surface area contributed by atoms with Gasteiger partial charge in [0.15, 0.2) is 0 Å². The first-order valence-electron chi connectivity index (χ1n) is 9.56. The van der Waals surface area contributed by atoms with Crippen LogP contribution >= 0.6 is 0 Å². The standard InChI is InChI=1S/C28H22/c1-5-10-22-17-20(3)23(18-19(22)2)15-16-28-26-13-8-6-11-24(26)21(4)25-12-7-9-14-27(25)28/h6-9,11-14,17-18H,1-4H3. The first kappa shape index (κ1) is 17.9. The van der Waals surface area contributed by atoms with Gasteiger partial charge in [0.1, 0.15) is 0 Å². The summed E-state index contributed by atoms with van der Waals surface area (Å²) in [5.74, 6) is 13.1. The van der Waals surface area contributed by atoms with E-state index in [1.165, 1.54) is 32.7 Å². The van der Waals surface area contributed by atoms with Gasteiger partial charge in [-0.2, -0.15) is 0 Å². The van der Waals surface area contributed by atoms with Gasteiger partial charge in [-0.1, -0.05) is 66.3 Å². The van der Waals surface area contributed by atoms with E-state index in [2.05, 4.69) is 105 Å². The topological polar surface area (TPSA) is 0 Å². The van der Waals surface area contributed by atoms with E-state index < -0.39 is 0 Å². The van der Waals surface area contributed by atoms with Crippen molar-refractivity contribution in [1.29, 1.82) is 0 Å². The van der Waals surface area contributed by atoms with Crippen molar-refractivity contribution in [2.24, 2.45) is 0 Å². The fourth-order valence-electron chi connectivity index (χ4n) is 3.83. The molecule has 0 fully saturated rings. The molecule has 0 aliphatic rings. The van der Waals surface area contributed by atoms with Crippen molar-refractivity contribution in [1.82, 2.24) is 0 Å². The molecule has 0 nitrogen and oxygen atoms in total. The number of rotatable bonds is 0. The molecule has 0 heteroatoms. The zero-order valence-corrected chi connectivity index (χ0v) is 16.8. The average molecular weight is 358 g/mol. The molecule has 0 saturated heterocycles. The molecule has 4 aromatic carbocycles. The number of benzene rings is 4. The van der Waals surface area contributed by atoms with Crippen molar-refractivity contribution in [2.75, 3.05) is 0 Å². The van der Waals surface area contributed by atoms with Crippen molar-refractivity contribution in [2.45, 2.75) is 27.7 Å². The Bertz CT molecular complexity index is 1290. The Morgan fingerprint density at radius 3 is 1.54 bits per heavy atom. The van der Waals surface area contributed by atoms with Gasteiger partial charge in [-0.15, -0.1) is 5.92 Å². The molecule has 0 unspecified atom stereocenters. The lowest BCUT2D eigenvalue weighted by Crippen LogP contribution is -1.91. The molecule has 0 aliphatic heterocycles. The molecular formula is C28H22. The fraction of sp³-hybridized carbons (Fsp3) is 0.143. The van der Waals surface area contributed by atoms with Crippen LogP contribution in [0.15, 0.2) is 60.7 Å². The summed E-state index contributed by atoms with van der Waals surface area (Å²) < 4.78 is 0. The van der Waals surface area contributed by atoms with Gasteiger partial charge in [-0.25, -0.2) is 0 Å². The van der Waals surface area contributed by atoms with Crippen molar-refractivity contribution in [3.8, 4) is 23.7 Å². The van der Waals surface area contributed by atoms with E-state index in [1.54, 1.807) is 0 Å². The fourth-order valence-corrected chi connectivity index (χ4v) is 3.83. The smallest absolute Gasteiger partial charge is 0.0406 e. The maximum Gasteiger partial charge on any atom is 0.0406 e. The molecule has 0 radical (unpaired) electrons. The molecule has 0 heterocycles. The SMILES string of the molecule is CC#Cc1cc(C)c(C#Cc2c3ccccc3c(C)c3ccccc23)cc1C. The highest BCUT2D eigenvalue weighted by atomic mass is 14.1. The van der Waals surface area contributed by atoms with Crippen LogP contribution in [-0.2, 0) is 0 Å².